The van der Waals surface area contributed by atoms with Crippen molar-refractivity contribution in [2.24, 2.45) is 10.9 Å². The fourth-order valence-corrected chi connectivity index (χ4v) is 5.71. The fourth-order valence-electron chi connectivity index (χ4n) is 5.54. The number of halogens is 4. The molecule has 2 aliphatic heterocycles. The first-order chi connectivity index (χ1) is 21.1. The third-order valence-electron chi connectivity index (χ3n) is 7.91. The Labute approximate surface area is 257 Å². The zero-order valence-electron chi connectivity index (χ0n) is 24.0. The first kappa shape index (κ1) is 29.6. The number of carbonyl (C=O) groups excluding carboxylic acids is 1. The van der Waals surface area contributed by atoms with Gasteiger partial charge in [-0.1, -0.05) is 48.4 Å². The van der Waals surface area contributed by atoms with Gasteiger partial charge in [0.2, 0.25) is 5.91 Å². The molecule has 12 heteroatoms. The predicted molar refractivity (Wildman–Crippen MR) is 163 cm³/mol. The van der Waals surface area contributed by atoms with E-state index in [1.54, 1.807) is 24.5 Å². The summed E-state index contributed by atoms with van der Waals surface area (Å²) in [6.45, 7) is 4.35. The number of nitrogens with one attached hydrogen (secondary N) is 1. The van der Waals surface area contributed by atoms with E-state index in [9.17, 15) is 18.0 Å². The van der Waals surface area contributed by atoms with Crippen molar-refractivity contribution < 1.29 is 18.0 Å². The maximum Gasteiger partial charge on any atom is 0.436 e. The highest BCUT2D eigenvalue weighted by Crippen LogP contribution is 2.36. The molecule has 2 bridgehead atoms. The number of aliphatic imine (C=N–C) groups is 1. The van der Waals surface area contributed by atoms with Gasteiger partial charge in [0.05, 0.1) is 41.3 Å². The topological polar surface area (TPSA) is 88.3 Å². The van der Waals surface area contributed by atoms with Gasteiger partial charge in [-0.2, -0.15) is 13.2 Å². The van der Waals surface area contributed by atoms with E-state index in [-0.39, 0.29) is 17.9 Å². The normalized spacial score (nSPS) is 19.0. The fraction of sp³-hybridized carbons (Fsp3) is 0.281. The van der Waals surface area contributed by atoms with Crippen LogP contribution in [0.5, 0.6) is 0 Å². The van der Waals surface area contributed by atoms with Crippen molar-refractivity contribution in [3.63, 3.8) is 0 Å². The molecular weight excluding hydrogens is 591 g/mol. The summed E-state index contributed by atoms with van der Waals surface area (Å²) in [6.07, 6.45) is 2.23. The van der Waals surface area contributed by atoms with Crippen LogP contribution in [-0.4, -0.2) is 43.7 Å². The van der Waals surface area contributed by atoms with Crippen molar-refractivity contribution in [3.05, 3.63) is 94.4 Å². The summed E-state index contributed by atoms with van der Waals surface area (Å²) in [5, 5.41) is 10.5. The van der Waals surface area contributed by atoms with Gasteiger partial charge in [0.15, 0.2) is 5.69 Å². The number of anilines is 1. The zero-order chi connectivity index (χ0) is 31.0. The van der Waals surface area contributed by atoms with Crippen LogP contribution in [0.1, 0.15) is 54.7 Å². The second-order valence-corrected chi connectivity index (χ2v) is 11.5. The molecule has 4 aromatic rings. The minimum Gasteiger partial charge on any atom is -0.352 e. The first-order valence-electron chi connectivity index (χ1n) is 14.3. The van der Waals surface area contributed by atoms with Crippen LogP contribution in [0, 0.1) is 12.8 Å². The number of aromatic nitrogens is 4. The molecule has 2 aromatic heterocycles. The van der Waals surface area contributed by atoms with Gasteiger partial charge in [-0.25, -0.2) is 9.67 Å². The monoisotopic (exact) mass is 619 g/mol. The van der Waals surface area contributed by atoms with Gasteiger partial charge in [-0.15, -0.1) is 5.10 Å². The smallest absolute Gasteiger partial charge is 0.352 e. The molecule has 1 amide bonds. The Hall–Kier alpha value is -4.51. The molecule has 1 N–H and O–H groups in total. The average Bonchev–Trinajstić information content (AvgIpc) is 3.51. The van der Waals surface area contributed by atoms with Crippen molar-refractivity contribution in [2.75, 3.05) is 11.9 Å². The molecule has 0 aliphatic carbocycles. The first-order valence-corrected chi connectivity index (χ1v) is 14.6. The Kier molecular flexibility index (Phi) is 7.98. The Morgan fingerprint density at radius 3 is 2.66 bits per heavy atom. The Morgan fingerprint density at radius 1 is 1.07 bits per heavy atom. The summed E-state index contributed by atoms with van der Waals surface area (Å²) in [5.41, 5.74) is 4.62. The van der Waals surface area contributed by atoms with Crippen LogP contribution in [0.25, 0.3) is 22.6 Å². The number of hydrogen-bond acceptors (Lipinski definition) is 6. The molecule has 0 saturated carbocycles. The van der Waals surface area contributed by atoms with Crippen LogP contribution in [-0.2, 0) is 11.0 Å². The number of nitrogens with zero attached hydrogens (tertiary/aromatic N) is 6. The number of alkyl halides is 3. The van der Waals surface area contributed by atoms with Gasteiger partial charge in [0.25, 0.3) is 0 Å². The van der Waals surface area contributed by atoms with E-state index in [0.29, 0.717) is 40.6 Å². The lowest BCUT2D eigenvalue weighted by Crippen LogP contribution is -2.30. The summed E-state index contributed by atoms with van der Waals surface area (Å²) in [5.74, 6) is -0.218. The molecular formula is C32H29ClF3N7O. The quantitative estimate of drug-likeness (QED) is 0.257. The Bertz CT molecular complexity index is 1780. The summed E-state index contributed by atoms with van der Waals surface area (Å²) in [6, 6.07) is 16.8. The molecule has 0 fully saturated rings. The molecule has 8 nitrogen and oxygen atoms in total. The number of benzene rings is 2. The molecule has 0 saturated heterocycles. The molecule has 2 aromatic carbocycles. The summed E-state index contributed by atoms with van der Waals surface area (Å²) < 4.78 is 40.7. The highest BCUT2D eigenvalue weighted by molar-refractivity contribution is 6.30. The lowest BCUT2D eigenvalue weighted by atomic mass is 9.93. The maximum atomic E-state index is 13.2. The molecule has 44 heavy (non-hydrogen) atoms. The molecule has 0 unspecified atom stereocenters. The predicted octanol–water partition coefficient (Wildman–Crippen LogP) is 7.49. The standard InChI is InChI=1S/C32H29ClF3N7O/c1-19-5-3-8-27(21-6-4-7-22(15-21)30-26(39-31(19)44)11-9-20(2)38-30)42-14-13-25(37-18-42)24-16-23(33)10-12-28(24)43-17-29(40-41-43)32(34,35)36/h4,6-7,9-13,15-19,27H,3,5,8,14H2,1-2H3,(H,39,44)/t19-,27+/m1/s1. The number of hydrogen-bond donors (Lipinski definition) is 1. The van der Waals surface area contributed by atoms with Crippen LogP contribution in [0.4, 0.5) is 18.9 Å². The zero-order valence-corrected chi connectivity index (χ0v) is 24.8. The van der Waals surface area contributed by atoms with Gasteiger partial charge < -0.3 is 10.2 Å². The average molecular weight is 620 g/mol. The summed E-state index contributed by atoms with van der Waals surface area (Å²) >= 11 is 6.30. The van der Waals surface area contributed by atoms with Gasteiger partial charge in [0.1, 0.15) is 0 Å². The molecule has 0 radical (unpaired) electrons. The molecule has 2 atom stereocenters. The van der Waals surface area contributed by atoms with E-state index in [0.717, 1.165) is 46.2 Å². The van der Waals surface area contributed by atoms with Crippen LogP contribution in [0.3, 0.4) is 0 Å². The van der Waals surface area contributed by atoms with E-state index in [4.69, 9.17) is 21.6 Å². The number of pyridine rings is 1. The minimum atomic E-state index is -4.61. The van der Waals surface area contributed by atoms with Crippen molar-refractivity contribution in [1.29, 1.82) is 0 Å². The minimum absolute atomic E-state index is 0.0376. The highest BCUT2D eigenvalue weighted by atomic mass is 35.5. The summed E-state index contributed by atoms with van der Waals surface area (Å²) in [4.78, 5) is 24.6. The molecule has 226 valence electrons. The van der Waals surface area contributed by atoms with E-state index in [1.165, 1.54) is 0 Å². The van der Waals surface area contributed by atoms with Crippen LogP contribution < -0.4 is 5.32 Å². The summed E-state index contributed by atoms with van der Waals surface area (Å²) in [7, 11) is 0. The third-order valence-corrected chi connectivity index (χ3v) is 8.14. The molecule has 0 spiro atoms. The number of carbonyl (C=O) groups is 1. The highest BCUT2D eigenvalue weighted by Gasteiger charge is 2.35. The van der Waals surface area contributed by atoms with Crippen LogP contribution >= 0.6 is 11.6 Å². The van der Waals surface area contributed by atoms with Gasteiger partial charge in [-0.05, 0) is 67.8 Å². The largest absolute Gasteiger partial charge is 0.436 e. The van der Waals surface area contributed by atoms with E-state index < -0.39 is 11.9 Å². The maximum absolute atomic E-state index is 13.2. The number of aryl methyl sites for hydroxylation is 1. The van der Waals surface area contributed by atoms with E-state index >= 15 is 0 Å². The number of fused-ring (bicyclic) bond motifs is 4. The van der Waals surface area contributed by atoms with Crippen molar-refractivity contribution in [1.82, 2.24) is 24.9 Å². The Morgan fingerprint density at radius 2 is 1.91 bits per heavy atom. The SMILES string of the molecule is Cc1ccc2c(n1)-c1cccc(c1)[C@@H](N1C=NC(c3cc(Cl)ccc3-n3cc(C(F)(F)F)nn3)=CC1)CCC[C@@H](C)C(=O)N2. The van der Waals surface area contributed by atoms with Crippen molar-refractivity contribution in [3.8, 4) is 16.9 Å². The third kappa shape index (κ3) is 6.10. The number of amides is 1. The molecule has 2 aliphatic rings. The number of rotatable bonds is 3. The van der Waals surface area contributed by atoms with E-state index in [2.05, 4.69) is 32.7 Å². The second-order valence-electron chi connectivity index (χ2n) is 11.0. The lowest BCUT2D eigenvalue weighted by molar-refractivity contribution is -0.141. The van der Waals surface area contributed by atoms with Gasteiger partial charge >= 0.3 is 6.18 Å². The Balaban J connectivity index is 1.33. The second kappa shape index (κ2) is 11.9. The van der Waals surface area contributed by atoms with Gasteiger partial charge in [0, 0.05) is 34.3 Å². The van der Waals surface area contributed by atoms with E-state index in [1.807, 2.05) is 44.2 Å². The lowest BCUT2D eigenvalue weighted by Gasteiger charge is -2.32. The molecule has 4 heterocycles. The van der Waals surface area contributed by atoms with Crippen molar-refractivity contribution >= 4 is 35.2 Å². The van der Waals surface area contributed by atoms with Crippen molar-refractivity contribution in [2.45, 2.75) is 45.3 Å². The van der Waals surface area contributed by atoms with Crippen LogP contribution in [0.15, 0.2) is 71.9 Å². The van der Waals surface area contributed by atoms with Crippen LogP contribution in [0.2, 0.25) is 5.02 Å². The molecule has 6 rings (SSSR count). The van der Waals surface area contributed by atoms with Gasteiger partial charge in [-0.3, -0.25) is 9.78 Å².